The van der Waals surface area contributed by atoms with E-state index in [0.29, 0.717) is 6.54 Å². The summed E-state index contributed by atoms with van der Waals surface area (Å²) in [5.74, 6) is -0.820. The molecule has 0 bridgehead atoms. The average Bonchev–Trinajstić information content (AvgIpc) is 2.69. The number of aliphatic carboxylic acids is 1. The molecule has 15 heavy (non-hydrogen) atoms. The van der Waals surface area contributed by atoms with Crippen LogP contribution in [-0.2, 0) is 11.3 Å². The van der Waals surface area contributed by atoms with Gasteiger partial charge in [-0.2, -0.15) is 0 Å². The van der Waals surface area contributed by atoms with Crippen molar-refractivity contribution in [3.05, 3.63) is 18.7 Å². The van der Waals surface area contributed by atoms with Crippen LogP contribution in [0.25, 0.3) is 0 Å². The Kier molecular flexibility index (Phi) is 4.83. The monoisotopic (exact) mass is 211 g/mol. The minimum absolute atomic E-state index is 0.416. The molecule has 1 heterocycles. The lowest BCUT2D eigenvalue weighted by atomic mass is 10.2. The van der Waals surface area contributed by atoms with Crippen LogP contribution in [0.5, 0.6) is 0 Å². The fourth-order valence-electron chi connectivity index (χ4n) is 1.29. The van der Waals surface area contributed by atoms with E-state index in [1.807, 2.05) is 0 Å². The second-order valence-electron chi connectivity index (χ2n) is 3.46. The molecule has 0 fully saturated rings. The van der Waals surface area contributed by atoms with Crippen LogP contribution < -0.4 is 5.32 Å². The van der Waals surface area contributed by atoms with Gasteiger partial charge in [0.15, 0.2) is 0 Å². The van der Waals surface area contributed by atoms with E-state index < -0.39 is 12.0 Å². The Morgan fingerprint density at radius 3 is 3.00 bits per heavy atom. The van der Waals surface area contributed by atoms with Gasteiger partial charge in [0.05, 0.1) is 6.33 Å². The molecule has 0 saturated carbocycles. The molecule has 2 N–H and O–H groups in total. The van der Waals surface area contributed by atoms with Crippen LogP contribution in [0.15, 0.2) is 18.7 Å². The van der Waals surface area contributed by atoms with E-state index in [0.717, 1.165) is 19.4 Å². The summed E-state index contributed by atoms with van der Waals surface area (Å²) in [6, 6.07) is -0.536. The van der Waals surface area contributed by atoms with Gasteiger partial charge >= 0.3 is 5.97 Å². The third kappa shape index (κ3) is 4.12. The normalized spacial score (nSPS) is 12.6. The Balaban J connectivity index is 2.40. The number of carboxylic acids is 1. The number of hydrogen-bond acceptors (Lipinski definition) is 3. The fraction of sp³-hybridized carbons (Fsp3) is 0.600. The largest absolute Gasteiger partial charge is 0.480 e. The molecule has 84 valence electrons. The number of rotatable bonds is 7. The van der Waals surface area contributed by atoms with Crippen molar-refractivity contribution in [1.29, 1.82) is 0 Å². The lowest BCUT2D eigenvalue weighted by molar-refractivity contribution is -0.139. The van der Waals surface area contributed by atoms with Gasteiger partial charge in [0.25, 0.3) is 0 Å². The molecule has 0 radical (unpaired) electrons. The highest BCUT2D eigenvalue weighted by Crippen LogP contribution is 1.94. The fourth-order valence-corrected chi connectivity index (χ4v) is 1.29. The van der Waals surface area contributed by atoms with Crippen LogP contribution in [0.3, 0.4) is 0 Å². The SMILES string of the molecule is CCCCNC(Cn1ccnc1)C(=O)O. The van der Waals surface area contributed by atoms with Gasteiger partial charge in [-0.3, -0.25) is 4.79 Å². The second-order valence-corrected chi connectivity index (χ2v) is 3.46. The van der Waals surface area contributed by atoms with Crippen LogP contribution >= 0.6 is 0 Å². The third-order valence-corrected chi connectivity index (χ3v) is 2.17. The molecular formula is C10H17N3O2. The quantitative estimate of drug-likeness (QED) is 0.652. The molecule has 1 aromatic heterocycles. The zero-order chi connectivity index (χ0) is 11.1. The van der Waals surface area contributed by atoms with Gasteiger partial charge in [0.2, 0.25) is 0 Å². The third-order valence-electron chi connectivity index (χ3n) is 2.17. The maximum atomic E-state index is 10.9. The second kappa shape index (κ2) is 6.19. The van der Waals surface area contributed by atoms with E-state index in [2.05, 4.69) is 17.2 Å². The molecule has 1 rings (SSSR count). The zero-order valence-corrected chi connectivity index (χ0v) is 8.89. The molecule has 0 amide bonds. The first-order chi connectivity index (χ1) is 7.24. The minimum atomic E-state index is -0.820. The van der Waals surface area contributed by atoms with Gasteiger partial charge < -0.3 is 15.0 Å². The van der Waals surface area contributed by atoms with Gasteiger partial charge in [-0.1, -0.05) is 13.3 Å². The number of hydrogen-bond donors (Lipinski definition) is 2. The predicted octanol–water partition coefficient (Wildman–Crippen LogP) is 0.726. The summed E-state index contributed by atoms with van der Waals surface area (Å²) in [5, 5.41) is 12.0. The van der Waals surface area contributed by atoms with Crippen LogP contribution in [0, 0.1) is 0 Å². The van der Waals surface area contributed by atoms with E-state index in [1.54, 1.807) is 23.3 Å². The number of unbranched alkanes of at least 4 members (excludes halogenated alkanes) is 1. The first-order valence-corrected chi connectivity index (χ1v) is 5.16. The van der Waals surface area contributed by atoms with E-state index >= 15 is 0 Å². The van der Waals surface area contributed by atoms with Crippen molar-refractivity contribution >= 4 is 5.97 Å². The molecule has 0 aromatic carbocycles. The van der Waals surface area contributed by atoms with Crippen molar-refractivity contribution in [3.8, 4) is 0 Å². The molecule has 0 spiro atoms. The Morgan fingerprint density at radius 1 is 1.67 bits per heavy atom. The van der Waals surface area contributed by atoms with E-state index in [1.165, 1.54) is 0 Å². The Hall–Kier alpha value is -1.36. The Labute approximate surface area is 89.1 Å². The van der Waals surface area contributed by atoms with E-state index in [9.17, 15) is 4.79 Å². The topological polar surface area (TPSA) is 67.2 Å². The highest BCUT2D eigenvalue weighted by molar-refractivity contribution is 5.73. The molecule has 0 aliphatic carbocycles. The Bertz CT molecular complexity index is 285. The summed E-state index contributed by atoms with van der Waals surface area (Å²) in [7, 11) is 0. The number of nitrogens with one attached hydrogen (secondary N) is 1. The highest BCUT2D eigenvalue weighted by atomic mass is 16.4. The molecule has 0 aliphatic rings. The van der Waals surface area contributed by atoms with Crippen molar-refractivity contribution in [1.82, 2.24) is 14.9 Å². The van der Waals surface area contributed by atoms with Gasteiger partial charge in [-0.25, -0.2) is 4.98 Å². The number of imidazole rings is 1. The van der Waals surface area contributed by atoms with Gasteiger partial charge in [-0.05, 0) is 13.0 Å². The van der Waals surface area contributed by atoms with Crippen molar-refractivity contribution in [3.63, 3.8) is 0 Å². The summed E-state index contributed by atoms with van der Waals surface area (Å²) in [6.45, 7) is 3.23. The minimum Gasteiger partial charge on any atom is -0.480 e. The highest BCUT2D eigenvalue weighted by Gasteiger charge is 2.16. The lowest BCUT2D eigenvalue weighted by Crippen LogP contribution is -2.40. The average molecular weight is 211 g/mol. The maximum absolute atomic E-state index is 10.9. The first kappa shape index (κ1) is 11.7. The number of aromatic nitrogens is 2. The molecule has 0 aliphatic heterocycles. The van der Waals surface area contributed by atoms with E-state index in [4.69, 9.17) is 5.11 Å². The molecule has 0 saturated heterocycles. The molecule has 1 unspecified atom stereocenters. The maximum Gasteiger partial charge on any atom is 0.322 e. The molecular weight excluding hydrogens is 194 g/mol. The standard InChI is InChI=1S/C10H17N3O2/c1-2-3-4-12-9(10(14)15)7-13-6-5-11-8-13/h5-6,8-9,12H,2-4,7H2,1H3,(H,14,15). The number of carboxylic acid groups (broad SMARTS) is 1. The van der Waals surface area contributed by atoms with Crippen LogP contribution in [0.2, 0.25) is 0 Å². The summed E-state index contributed by atoms with van der Waals surface area (Å²) in [5.41, 5.74) is 0. The number of nitrogens with zero attached hydrogens (tertiary/aromatic N) is 2. The van der Waals surface area contributed by atoms with Gasteiger partial charge in [0.1, 0.15) is 6.04 Å². The van der Waals surface area contributed by atoms with Crippen molar-refractivity contribution in [2.24, 2.45) is 0 Å². The van der Waals surface area contributed by atoms with Crippen molar-refractivity contribution in [2.45, 2.75) is 32.4 Å². The molecule has 1 aromatic rings. The summed E-state index contributed by atoms with van der Waals surface area (Å²) < 4.78 is 1.76. The zero-order valence-electron chi connectivity index (χ0n) is 8.89. The van der Waals surface area contributed by atoms with Crippen molar-refractivity contribution in [2.75, 3.05) is 6.54 Å². The summed E-state index contributed by atoms with van der Waals surface area (Å²) in [6.07, 6.45) is 7.08. The molecule has 5 heteroatoms. The Morgan fingerprint density at radius 2 is 2.47 bits per heavy atom. The predicted molar refractivity (Wildman–Crippen MR) is 56.6 cm³/mol. The smallest absolute Gasteiger partial charge is 0.322 e. The van der Waals surface area contributed by atoms with Crippen LogP contribution in [0.4, 0.5) is 0 Å². The summed E-state index contributed by atoms with van der Waals surface area (Å²) in [4.78, 5) is 14.8. The lowest BCUT2D eigenvalue weighted by Gasteiger charge is -2.14. The van der Waals surface area contributed by atoms with Gasteiger partial charge in [0, 0.05) is 18.9 Å². The van der Waals surface area contributed by atoms with Crippen molar-refractivity contribution < 1.29 is 9.90 Å². The van der Waals surface area contributed by atoms with Crippen LogP contribution in [0.1, 0.15) is 19.8 Å². The summed E-state index contributed by atoms with van der Waals surface area (Å²) >= 11 is 0. The molecule has 1 atom stereocenters. The molecule has 5 nitrogen and oxygen atoms in total. The first-order valence-electron chi connectivity index (χ1n) is 5.16. The van der Waals surface area contributed by atoms with Crippen LogP contribution in [-0.4, -0.2) is 33.2 Å². The number of carbonyl (C=O) groups is 1. The van der Waals surface area contributed by atoms with Gasteiger partial charge in [-0.15, -0.1) is 0 Å². The van der Waals surface area contributed by atoms with E-state index in [-0.39, 0.29) is 0 Å².